The molecule has 7 nitrogen and oxygen atoms in total. The molecule has 1 aromatic heterocycles. The number of rotatable bonds is 5. The summed E-state index contributed by atoms with van der Waals surface area (Å²) in [6.45, 7) is 2.54. The van der Waals surface area contributed by atoms with Gasteiger partial charge in [-0.2, -0.15) is 0 Å². The largest absolute Gasteiger partial charge is 0.494 e. The predicted octanol–water partition coefficient (Wildman–Crippen LogP) is 4.95. The summed E-state index contributed by atoms with van der Waals surface area (Å²) in [5.74, 6) is -1.30. The van der Waals surface area contributed by atoms with E-state index in [2.05, 4.69) is 15.6 Å². The highest BCUT2D eigenvalue weighted by molar-refractivity contribution is 7.80. The minimum Gasteiger partial charge on any atom is -0.494 e. The Bertz CT molecular complexity index is 1240. The number of pyridine rings is 1. The monoisotopic (exact) mass is 472 g/mol. The lowest BCUT2D eigenvalue weighted by molar-refractivity contribution is -0.114. The number of aromatic nitrogens is 1. The van der Waals surface area contributed by atoms with Gasteiger partial charge < -0.3 is 25.0 Å². The van der Waals surface area contributed by atoms with Gasteiger partial charge in [0.2, 0.25) is 5.91 Å². The van der Waals surface area contributed by atoms with E-state index in [0.29, 0.717) is 39.5 Å². The number of hydrogen-bond donors (Lipinski definition) is 2. The first-order chi connectivity index (χ1) is 15.6. The third-order valence-corrected chi connectivity index (χ3v) is 5.49. The Labute approximate surface area is 194 Å². The molecule has 1 amide bonds. The third-order valence-electron chi connectivity index (χ3n) is 5.13. The van der Waals surface area contributed by atoms with E-state index in [-0.39, 0.29) is 24.1 Å². The minimum atomic E-state index is -2.68. The molecule has 0 radical (unpaired) electrons. The van der Waals surface area contributed by atoms with Gasteiger partial charge in [-0.05, 0) is 55.0 Å². The minimum absolute atomic E-state index is 0.224. The Morgan fingerprint density at radius 1 is 1.12 bits per heavy atom. The molecule has 1 saturated heterocycles. The number of amides is 1. The van der Waals surface area contributed by atoms with Crippen molar-refractivity contribution in [3.63, 3.8) is 0 Å². The first kappa shape index (κ1) is 22.7. The molecule has 2 aromatic carbocycles. The van der Waals surface area contributed by atoms with Crippen LogP contribution in [0.5, 0.6) is 17.2 Å². The lowest BCUT2D eigenvalue weighted by Gasteiger charge is -2.40. The smallest absolute Gasteiger partial charge is 0.282 e. The van der Waals surface area contributed by atoms with Crippen LogP contribution < -0.4 is 20.1 Å². The maximum atomic E-state index is 13.1. The Balaban J connectivity index is 1.56. The SMILES string of the molecule is COc1cc2nccc(Oc3ccc(NC(=S)N4CC(F)(F)C4)c(C)c3)c2cc1NC(C)=O. The number of nitrogens with one attached hydrogen (secondary N) is 2. The van der Waals surface area contributed by atoms with Crippen molar-refractivity contribution in [2.45, 2.75) is 19.8 Å². The number of hydrogen-bond acceptors (Lipinski definition) is 5. The van der Waals surface area contributed by atoms with Crippen LogP contribution >= 0.6 is 12.2 Å². The normalized spacial score (nSPS) is 14.4. The highest BCUT2D eigenvalue weighted by Gasteiger charge is 2.45. The lowest BCUT2D eigenvalue weighted by atomic mass is 10.1. The molecule has 1 aliphatic rings. The van der Waals surface area contributed by atoms with E-state index in [1.165, 1.54) is 18.9 Å². The number of fused-ring (bicyclic) bond motifs is 1. The van der Waals surface area contributed by atoms with Crippen LogP contribution in [0.1, 0.15) is 12.5 Å². The van der Waals surface area contributed by atoms with E-state index in [0.717, 1.165) is 5.56 Å². The second-order valence-electron chi connectivity index (χ2n) is 7.78. The van der Waals surface area contributed by atoms with Crippen molar-refractivity contribution in [3.8, 4) is 17.2 Å². The summed E-state index contributed by atoms with van der Waals surface area (Å²) in [6, 6.07) is 10.6. The van der Waals surface area contributed by atoms with Crippen LogP contribution in [0.2, 0.25) is 0 Å². The van der Waals surface area contributed by atoms with Gasteiger partial charge in [0.15, 0.2) is 5.11 Å². The highest BCUT2D eigenvalue weighted by Crippen LogP contribution is 2.36. The second kappa shape index (κ2) is 8.78. The van der Waals surface area contributed by atoms with Gasteiger partial charge in [-0.1, -0.05) is 0 Å². The number of aryl methyl sites for hydroxylation is 1. The number of carbonyl (C=O) groups excluding carboxylic acids is 1. The number of thiocarbonyl (C=S) groups is 1. The van der Waals surface area contributed by atoms with Crippen LogP contribution in [0.4, 0.5) is 20.2 Å². The fourth-order valence-electron chi connectivity index (χ4n) is 3.51. The molecule has 0 unspecified atom stereocenters. The van der Waals surface area contributed by atoms with Crippen molar-refractivity contribution in [1.29, 1.82) is 0 Å². The van der Waals surface area contributed by atoms with Crippen molar-refractivity contribution in [1.82, 2.24) is 9.88 Å². The van der Waals surface area contributed by atoms with Gasteiger partial charge in [-0.3, -0.25) is 9.78 Å². The fourth-order valence-corrected chi connectivity index (χ4v) is 3.75. The van der Waals surface area contributed by atoms with Gasteiger partial charge in [0.25, 0.3) is 5.92 Å². The zero-order valence-corrected chi connectivity index (χ0v) is 19.1. The molecule has 0 aliphatic carbocycles. The zero-order chi connectivity index (χ0) is 23.8. The maximum absolute atomic E-state index is 13.1. The van der Waals surface area contributed by atoms with Crippen LogP contribution in [-0.4, -0.2) is 47.0 Å². The Morgan fingerprint density at radius 2 is 1.88 bits per heavy atom. The molecule has 2 N–H and O–H groups in total. The van der Waals surface area contributed by atoms with E-state index in [4.69, 9.17) is 21.7 Å². The summed E-state index contributed by atoms with van der Waals surface area (Å²) in [5.41, 5.74) is 2.70. The summed E-state index contributed by atoms with van der Waals surface area (Å²) in [6.07, 6.45) is 1.62. The Kier molecular flexibility index (Phi) is 6.03. The van der Waals surface area contributed by atoms with Crippen molar-refractivity contribution >= 4 is 45.5 Å². The van der Waals surface area contributed by atoms with Gasteiger partial charge in [0.1, 0.15) is 17.2 Å². The number of benzene rings is 2. The molecule has 3 aromatic rings. The van der Waals surface area contributed by atoms with E-state index in [9.17, 15) is 13.6 Å². The first-order valence-electron chi connectivity index (χ1n) is 10.1. The van der Waals surface area contributed by atoms with E-state index in [1.807, 2.05) is 13.0 Å². The topological polar surface area (TPSA) is 75.7 Å². The number of carbonyl (C=O) groups is 1. The summed E-state index contributed by atoms with van der Waals surface area (Å²) in [7, 11) is 1.52. The third kappa shape index (κ3) is 4.95. The molecule has 0 bridgehead atoms. The molecule has 0 spiro atoms. The molecular formula is C23H22F2N4O3S. The van der Waals surface area contributed by atoms with Gasteiger partial charge in [-0.15, -0.1) is 0 Å². The van der Waals surface area contributed by atoms with Crippen molar-refractivity contribution in [2.75, 3.05) is 30.8 Å². The average Bonchev–Trinajstić information content (AvgIpc) is 2.73. The van der Waals surface area contributed by atoms with E-state index in [1.54, 1.807) is 36.5 Å². The van der Waals surface area contributed by atoms with Crippen LogP contribution in [0.25, 0.3) is 10.9 Å². The quantitative estimate of drug-likeness (QED) is 0.509. The van der Waals surface area contributed by atoms with Gasteiger partial charge in [0.05, 0.1) is 31.4 Å². The molecular weight excluding hydrogens is 450 g/mol. The Morgan fingerprint density at radius 3 is 2.52 bits per heavy atom. The number of alkyl halides is 2. The molecule has 4 rings (SSSR count). The van der Waals surface area contributed by atoms with E-state index < -0.39 is 5.92 Å². The zero-order valence-electron chi connectivity index (χ0n) is 18.2. The highest BCUT2D eigenvalue weighted by atomic mass is 32.1. The van der Waals surface area contributed by atoms with Gasteiger partial charge in [-0.25, -0.2) is 8.78 Å². The summed E-state index contributed by atoms with van der Waals surface area (Å²) in [4.78, 5) is 17.3. The van der Waals surface area contributed by atoms with Crippen LogP contribution in [0.3, 0.4) is 0 Å². The maximum Gasteiger partial charge on any atom is 0.282 e. The van der Waals surface area contributed by atoms with Crippen molar-refractivity contribution < 1.29 is 23.0 Å². The number of halogens is 2. The number of methoxy groups -OCH3 is 1. The average molecular weight is 473 g/mol. The van der Waals surface area contributed by atoms with Gasteiger partial charge >= 0.3 is 0 Å². The lowest BCUT2D eigenvalue weighted by Crippen LogP contribution is -2.59. The predicted molar refractivity (Wildman–Crippen MR) is 127 cm³/mol. The molecule has 172 valence electrons. The summed E-state index contributed by atoms with van der Waals surface area (Å²) < 4.78 is 37.6. The number of anilines is 2. The molecule has 0 atom stereocenters. The molecule has 1 aliphatic heterocycles. The molecule has 1 fully saturated rings. The van der Waals surface area contributed by atoms with Crippen molar-refractivity contribution in [2.24, 2.45) is 0 Å². The fraction of sp³-hybridized carbons (Fsp3) is 0.261. The van der Waals surface area contributed by atoms with Crippen LogP contribution in [-0.2, 0) is 4.79 Å². The van der Waals surface area contributed by atoms with Crippen molar-refractivity contribution in [3.05, 3.63) is 48.2 Å². The number of likely N-dealkylation sites (tertiary alicyclic amines) is 1. The molecule has 2 heterocycles. The molecule has 0 saturated carbocycles. The molecule has 33 heavy (non-hydrogen) atoms. The number of nitrogens with zero attached hydrogens (tertiary/aromatic N) is 2. The van der Waals surface area contributed by atoms with E-state index >= 15 is 0 Å². The Hall–Kier alpha value is -3.53. The van der Waals surface area contributed by atoms with Crippen LogP contribution in [0.15, 0.2) is 42.6 Å². The van der Waals surface area contributed by atoms with Crippen LogP contribution in [0, 0.1) is 6.92 Å². The van der Waals surface area contributed by atoms with Gasteiger partial charge in [0, 0.05) is 30.3 Å². The second-order valence-corrected chi connectivity index (χ2v) is 8.17. The standard InChI is InChI=1S/C23H22F2N4O3S/c1-13-8-15(4-5-17(13)28-22(33)29-11-23(24,25)12-29)32-20-6-7-26-18-10-21(31-3)19(9-16(18)20)27-14(2)30/h4-10H,11-12H2,1-3H3,(H,27,30)(H,28,33). The summed E-state index contributed by atoms with van der Waals surface area (Å²) in [5, 5.41) is 6.72. The first-order valence-corrected chi connectivity index (χ1v) is 10.5. The number of ether oxygens (including phenoxy) is 2. The molecule has 10 heteroatoms. The summed E-state index contributed by atoms with van der Waals surface area (Å²) >= 11 is 5.23.